The number of benzene rings is 1. The van der Waals surface area contributed by atoms with Crippen LogP contribution in [0.15, 0.2) is 30.3 Å². The van der Waals surface area contributed by atoms with Crippen molar-refractivity contribution in [3.63, 3.8) is 0 Å². The summed E-state index contributed by atoms with van der Waals surface area (Å²) in [6, 6.07) is 8.96. The quantitative estimate of drug-likeness (QED) is 0.528. The zero-order valence-corrected chi connectivity index (χ0v) is 6.86. The summed E-state index contributed by atoms with van der Waals surface area (Å²) in [6.45, 7) is 0. The standard InChI is InChI=1S/C9H11NO2/c1-12-9(10,7-11)8-5-3-2-4-6-8/h2-7H,10H2,1H3. The largest absolute Gasteiger partial charge is 0.353 e. The molecule has 0 aliphatic carbocycles. The van der Waals surface area contributed by atoms with E-state index < -0.39 is 5.72 Å². The Labute approximate surface area is 71.1 Å². The van der Waals surface area contributed by atoms with Crippen LogP contribution in [-0.4, -0.2) is 13.4 Å². The van der Waals surface area contributed by atoms with Gasteiger partial charge in [-0.15, -0.1) is 0 Å². The lowest BCUT2D eigenvalue weighted by Gasteiger charge is -2.20. The lowest BCUT2D eigenvalue weighted by atomic mass is 10.1. The van der Waals surface area contributed by atoms with Crippen molar-refractivity contribution in [1.82, 2.24) is 0 Å². The number of nitrogens with two attached hydrogens (primary N) is 1. The Morgan fingerprint density at radius 3 is 2.42 bits per heavy atom. The molecule has 1 atom stereocenters. The maximum Gasteiger partial charge on any atom is 0.199 e. The lowest BCUT2D eigenvalue weighted by Crippen LogP contribution is -2.40. The minimum absolute atomic E-state index is 0.586. The van der Waals surface area contributed by atoms with Gasteiger partial charge < -0.3 is 4.74 Å². The number of carbonyl (C=O) groups excluding carboxylic acids is 1. The van der Waals surface area contributed by atoms with Crippen LogP contribution in [-0.2, 0) is 15.3 Å². The van der Waals surface area contributed by atoms with E-state index in [0.717, 1.165) is 0 Å². The van der Waals surface area contributed by atoms with E-state index in [-0.39, 0.29) is 0 Å². The van der Waals surface area contributed by atoms with Gasteiger partial charge >= 0.3 is 0 Å². The molecule has 0 spiro atoms. The molecule has 1 unspecified atom stereocenters. The molecule has 0 heterocycles. The van der Waals surface area contributed by atoms with Crippen molar-refractivity contribution >= 4 is 6.29 Å². The van der Waals surface area contributed by atoms with Crippen molar-refractivity contribution in [3.05, 3.63) is 35.9 Å². The fraction of sp³-hybridized carbons (Fsp3) is 0.222. The van der Waals surface area contributed by atoms with Crippen molar-refractivity contribution in [2.75, 3.05) is 7.11 Å². The molecule has 12 heavy (non-hydrogen) atoms. The molecule has 0 saturated heterocycles. The van der Waals surface area contributed by atoms with Gasteiger partial charge in [-0.05, 0) is 0 Å². The summed E-state index contributed by atoms with van der Waals surface area (Å²) in [5, 5.41) is 0. The fourth-order valence-electron chi connectivity index (χ4n) is 0.933. The SMILES string of the molecule is COC(N)(C=O)c1ccccc1. The van der Waals surface area contributed by atoms with Crippen molar-refractivity contribution in [2.24, 2.45) is 5.73 Å². The van der Waals surface area contributed by atoms with Gasteiger partial charge in [-0.1, -0.05) is 30.3 Å². The Hall–Kier alpha value is -1.19. The second kappa shape index (κ2) is 3.47. The number of carbonyl (C=O) groups is 1. The number of rotatable bonds is 3. The second-order valence-corrected chi connectivity index (χ2v) is 2.48. The topological polar surface area (TPSA) is 52.3 Å². The molecule has 0 aliphatic heterocycles. The first-order chi connectivity index (χ1) is 5.73. The van der Waals surface area contributed by atoms with E-state index in [1.165, 1.54) is 7.11 Å². The smallest absolute Gasteiger partial charge is 0.199 e. The summed E-state index contributed by atoms with van der Waals surface area (Å²) in [5.74, 6) is 0. The fourth-order valence-corrected chi connectivity index (χ4v) is 0.933. The normalized spacial score (nSPS) is 15.2. The zero-order valence-electron chi connectivity index (χ0n) is 6.86. The summed E-state index contributed by atoms with van der Waals surface area (Å²) < 4.78 is 4.88. The third-order valence-electron chi connectivity index (χ3n) is 1.74. The Morgan fingerprint density at radius 1 is 1.42 bits per heavy atom. The summed E-state index contributed by atoms with van der Waals surface area (Å²) in [5.41, 5.74) is 4.98. The van der Waals surface area contributed by atoms with E-state index >= 15 is 0 Å². The van der Waals surface area contributed by atoms with Crippen molar-refractivity contribution in [2.45, 2.75) is 5.72 Å². The molecule has 1 aromatic carbocycles. The number of hydrogen-bond acceptors (Lipinski definition) is 3. The molecule has 2 N–H and O–H groups in total. The van der Waals surface area contributed by atoms with Gasteiger partial charge in [0.05, 0.1) is 0 Å². The van der Waals surface area contributed by atoms with Crippen LogP contribution in [0.5, 0.6) is 0 Å². The van der Waals surface area contributed by atoms with Crippen LogP contribution in [0.4, 0.5) is 0 Å². The third kappa shape index (κ3) is 1.52. The molecule has 0 amide bonds. The van der Waals surface area contributed by atoms with Gasteiger partial charge in [0.2, 0.25) is 0 Å². The first-order valence-corrected chi connectivity index (χ1v) is 3.59. The van der Waals surface area contributed by atoms with E-state index in [0.29, 0.717) is 11.8 Å². The van der Waals surface area contributed by atoms with E-state index in [2.05, 4.69) is 0 Å². The molecular weight excluding hydrogens is 154 g/mol. The highest BCUT2D eigenvalue weighted by molar-refractivity contribution is 5.64. The predicted octanol–water partition coefficient (Wildman–Crippen LogP) is 0.643. The first kappa shape index (κ1) is 8.90. The molecule has 3 nitrogen and oxygen atoms in total. The molecular formula is C9H11NO2. The third-order valence-corrected chi connectivity index (χ3v) is 1.74. The summed E-state index contributed by atoms with van der Waals surface area (Å²) in [7, 11) is 1.40. The van der Waals surface area contributed by atoms with Gasteiger partial charge in [0, 0.05) is 12.7 Å². The summed E-state index contributed by atoms with van der Waals surface area (Å²) in [6.07, 6.45) is 0.586. The molecule has 0 bridgehead atoms. The minimum Gasteiger partial charge on any atom is -0.353 e. The molecule has 0 fully saturated rings. The van der Waals surface area contributed by atoms with Crippen LogP contribution < -0.4 is 5.73 Å². The molecule has 3 heteroatoms. The van der Waals surface area contributed by atoms with Crippen molar-refractivity contribution in [3.8, 4) is 0 Å². The van der Waals surface area contributed by atoms with Crippen molar-refractivity contribution in [1.29, 1.82) is 0 Å². The van der Waals surface area contributed by atoms with Crippen LogP contribution in [0.2, 0.25) is 0 Å². The van der Waals surface area contributed by atoms with Gasteiger partial charge in [-0.3, -0.25) is 10.5 Å². The maximum absolute atomic E-state index is 10.6. The Balaban J connectivity index is 3.03. The van der Waals surface area contributed by atoms with Crippen LogP contribution in [0, 0.1) is 0 Å². The van der Waals surface area contributed by atoms with Crippen molar-refractivity contribution < 1.29 is 9.53 Å². The lowest BCUT2D eigenvalue weighted by molar-refractivity contribution is -0.128. The van der Waals surface area contributed by atoms with Crippen LogP contribution in [0.25, 0.3) is 0 Å². The number of ether oxygens (including phenoxy) is 1. The zero-order chi connectivity index (χ0) is 9.03. The highest BCUT2D eigenvalue weighted by atomic mass is 16.5. The number of aldehydes is 1. The summed E-state index contributed by atoms with van der Waals surface area (Å²) in [4.78, 5) is 10.6. The van der Waals surface area contributed by atoms with Gasteiger partial charge in [-0.25, -0.2) is 0 Å². The molecule has 1 rings (SSSR count). The molecule has 1 aromatic rings. The number of methoxy groups -OCH3 is 1. The van der Waals surface area contributed by atoms with Crippen LogP contribution >= 0.6 is 0 Å². The Bertz CT molecular complexity index is 260. The predicted molar refractivity (Wildman–Crippen MR) is 45.4 cm³/mol. The maximum atomic E-state index is 10.6. The second-order valence-electron chi connectivity index (χ2n) is 2.48. The molecule has 0 radical (unpaired) electrons. The van der Waals surface area contributed by atoms with E-state index in [9.17, 15) is 4.79 Å². The average molecular weight is 165 g/mol. The van der Waals surface area contributed by atoms with E-state index in [1.54, 1.807) is 24.3 Å². The molecule has 0 saturated carbocycles. The highest BCUT2D eigenvalue weighted by Crippen LogP contribution is 2.15. The van der Waals surface area contributed by atoms with Gasteiger partial charge in [0.15, 0.2) is 12.0 Å². The monoisotopic (exact) mass is 165 g/mol. The van der Waals surface area contributed by atoms with Gasteiger partial charge in [0.25, 0.3) is 0 Å². The van der Waals surface area contributed by atoms with Gasteiger partial charge in [0.1, 0.15) is 0 Å². The molecule has 0 aromatic heterocycles. The molecule has 64 valence electrons. The number of hydrogen-bond donors (Lipinski definition) is 1. The Kier molecular flexibility index (Phi) is 2.58. The van der Waals surface area contributed by atoms with Crippen LogP contribution in [0.1, 0.15) is 5.56 Å². The van der Waals surface area contributed by atoms with Gasteiger partial charge in [-0.2, -0.15) is 0 Å². The van der Waals surface area contributed by atoms with Crippen LogP contribution in [0.3, 0.4) is 0 Å². The average Bonchev–Trinajstić information content (AvgIpc) is 2.18. The first-order valence-electron chi connectivity index (χ1n) is 3.59. The minimum atomic E-state index is -1.30. The Morgan fingerprint density at radius 2 is 2.00 bits per heavy atom. The van der Waals surface area contributed by atoms with E-state index in [4.69, 9.17) is 10.5 Å². The molecule has 0 aliphatic rings. The highest BCUT2D eigenvalue weighted by Gasteiger charge is 2.25. The summed E-state index contributed by atoms with van der Waals surface area (Å²) >= 11 is 0. The van der Waals surface area contributed by atoms with E-state index in [1.807, 2.05) is 6.07 Å².